The Morgan fingerprint density at radius 2 is 1.58 bits per heavy atom. The van der Waals surface area contributed by atoms with Gasteiger partial charge in [-0.3, -0.25) is 4.79 Å². The van der Waals surface area contributed by atoms with Crippen molar-refractivity contribution in [2.75, 3.05) is 5.32 Å². The van der Waals surface area contributed by atoms with E-state index in [2.05, 4.69) is 5.32 Å². The Labute approximate surface area is 140 Å². The fourth-order valence-corrected chi connectivity index (χ4v) is 3.22. The van der Waals surface area contributed by atoms with Crippen LogP contribution in [0.25, 0.3) is 10.8 Å². The number of amides is 1. The first-order valence-electron chi connectivity index (χ1n) is 7.25. The van der Waals surface area contributed by atoms with E-state index in [9.17, 15) is 13.2 Å². The molecule has 0 saturated carbocycles. The van der Waals surface area contributed by atoms with Crippen LogP contribution in [0.3, 0.4) is 0 Å². The maximum atomic E-state index is 12.4. The molecule has 0 atom stereocenters. The molecule has 0 heterocycles. The van der Waals surface area contributed by atoms with Crippen LogP contribution >= 0.6 is 0 Å². The lowest BCUT2D eigenvalue weighted by Crippen LogP contribution is -2.10. The van der Waals surface area contributed by atoms with Crippen LogP contribution in [-0.4, -0.2) is 14.3 Å². The summed E-state index contributed by atoms with van der Waals surface area (Å²) < 4.78 is 29.9. The molecule has 1 amide bonds. The number of benzene rings is 3. The predicted octanol–water partition coefficient (Wildman–Crippen LogP) is 3.57. The van der Waals surface area contributed by atoms with Gasteiger partial charge in [-0.05, 0) is 47.2 Å². The normalized spacial score (nSPS) is 11.2. The first-order valence-corrected chi connectivity index (χ1v) is 8.66. The number of carbonyl (C=O) groups excluding carboxylic acids is 1. The summed E-state index contributed by atoms with van der Waals surface area (Å²) in [5, 5.41) is 4.48. The Morgan fingerprint density at radius 3 is 2.25 bits per heavy atom. The number of hydrogen-bond donors (Lipinski definition) is 1. The molecule has 0 radical (unpaired) electrons. The smallest absolute Gasteiger partial charge is 0.339 e. The monoisotopic (exact) mass is 341 g/mol. The third-order valence-electron chi connectivity index (χ3n) is 3.39. The second kappa shape index (κ2) is 6.33. The number of fused-ring (bicyclic) bond motifs is 1. The summed E-state index contributed by atoms with van der Waals surface area (Å²) in [5.74, 6) is 0.0256. The van der Waals surface area contributed by atoms with Gasteiger partial charge in [0.1, 0.15) is 10.6 Å². The maximum absolute atomic E-state index is 12.4. The molecular weight excluding hydrogens is 326 g/mol. The second-order valence-corrected chi connectivity index (χ2v) is 6.80. The summed E-state index contributed by atoms with van der Waals surface area (Å²) in [4.78, 5) is 11.0. The molecule has 0 fully saturated rings. The van der Waals surface area contributed by atoms with Gasteiger partial charge in [0.15, 0.2) is 0 Å². The molecular formula is C18H15NO4S. The van der Waals surface area contributed by atoms with Gasteiger partial charge in [-0.25, -0.2) is 0 Å². The Bertz CT molecular complexity index is 995. The Hall–Kier alpha value is -2.86. The molecule has 3 rings (SSSR count). The van der Waals surface area contributed by atoms with Gasteiger partial charge in [0, 0.05) is 12.6 Å². The Kier molecular flexibility index (Phi) is 4.22. The van der Waals surface area contributed by atoms with Crippen LogP contribution in [0, 0.1) is 0 Å². The largest absolute Gasteiger partial charge is 0.379 e. The van der Waals surface area contributed by atoms with E-state index < -0.39 is 10.1 Å². The summed E-state index contributed by atoms with van der Waals surface area (Å²) in [6, 6.07) is 18.5. The molecule has 5 nitrogen and oxygen atoms in total. The summed E-state index contributed by atoms with van der Waals surface area (Å²) in [6.45, 7) is 1.38. The van der Waals surface area contributed by atoms with Gasteiger partial charge in [0.2, 0.25) is 5.91 Å². The van der Waals surface area contributed by atoms with Crippen molar-refractivity contribution in [3.05, 3.63) is 66.7 Å². The minimum Gasteiger partial charge on any atom is -0.379 e. The van der Waals surface area contributed by atoms with Crippen LogP contribution < -0.4 is 9.50 Å². The fourth-order valence-electron chi connectivity index (χ4n) is 2.30. The number of hydrogen-bond acceptors (Lipinski definition) is 4. The van der Waals surface area contributed by atoms with Crippen molar-refractivity contribution < 1.29 is 17.4 Å². The van der Waals surface area contributed by atoms with E-state index in [0.29, 0.717) is 5.69 Å². The van der Waals surface area contributed by atoms with Gasteiger partial charge < -0.3 is 9.50 Å². The van der Waals surface area contributed by atoms with Crippen LogP contribution in [-0.2, 0) is 14.9 Å². The highest BCUT2D eigenvalue weighted by atomic mass is 32.2. The van der Waals surface area contributed by atoms with Gasteiger partial charge in [0.25, 0.3) is 0 Å². The molecule has 0 aromatic heterocycles. The highest BCUT2D eigenvalue weighted by molar-refractivity contribution is 7.87. The van der Waals surface area contributed by atoms with E-state index in [4.69, 9.17) is 4.18 Å². The molecule has 0 saturated heterocycles. The highest BCUT2D eigenvalue weighted by Crippen LogP contribution is 2.24. The van der Waals surface area contributed by atoms with Gasteiger partial charge in [-0.15, -0.1) is 0 Å². The maximum Gasteiger partial charge on any atom is 0.339 e. The van der Waals surface area contributed by atoms with Gasteiger partial charge in [0.05, 0.1) is 0 Å². The van der Waals surface area contributed by atoms with E-state index in [1.165, 1.54) is 31.2 Å². The number of anilines is 1. The second-order valence-electron chi connectivity index (χ2n) is 5.25. The Morgan fingerprint density at radius 1 is 0.917 bits per heavy atom. The minimum absolute atomic E-state index is 0.0183. The van der Waals surface area contributed by atoms with Crippen molar-refractivity contribution in [3.63, 3.8) is 0 Å². The molecule has 0 spiro atoms. The van der Waals surface area contributed by atoms with Crippen LogP contribution in [0.1, 0.15) is 6.92 Å². The molecule has 122 valence electrons. The third-order valence-corrected chi connectivity index (χ3v) is 4.65. The first-order chi connectivity index (χ1) is 11.4. The topological polar surface area (TPSA) is 72.5 Å². The number of rotatable bonds is 4. The van der Waals surface area contributed by atoms with Gasteiger partial charge >= 0.3 is 10.1 Å². The molecule has 0 unspecified atom stereocenters. The van der Waals surface area contributed by atoms with Crippen molar-refractivity contribution in [3.8, 4) is 5.75 Å². The molecule has 0 aliphatic heterocycles. The van der Waals surface area contributed by atoms with Crippen molar-refractivity contribution in [2.24, 2.45) is 0 Å². The summed E-state index contributed by atoms with van der Waals surface area (Å²) >= 11 is 0. The first kappa shape index (κ1) is 16.0. The van der Waals surface area contributed by atoms with Crippen LogP contribution in [0.4, 0.5) is 5.69 Å². The molecule has 0 aliphatic carbocycles. The lowest BCUT2D eigenvalue weighted by molar-refractivity contribution is -0.114. The lowest BCUT2D eigenvalue weighted by Gasteiger charge is -2.09. The summed E-state index contributed by atoms with van der Waals surface area (Å²) in [6.07, 6.45) is 0. The third kappa shape index (κ3) is 3.55. The van der Waals surface area contributed by atoms with Gasteiger partial charge in [-0.2, -0.15) is 8.42 Å². The van der Waals surface area contributed by atoms with E-state index in [1.54, 1.807) is 18.2 Å². The van der Waals surface area contributed by atoms with E-state index in [1.807, 2.05) is 24.3 Å². The minimum atomic E-state index is -3.94. The summed E-state index contributed by atoms with van der Waals surface area (Å²) in [7, 11) is -3.94. The Balaban J connectivity index is 1.85. The molecule has 24 heavy (non-hydrogen) atoms. The summed E-state index contributed by atoms with van der Waals surface area (Å²) in [5.41, 5.74) is 0.521. The van der Waals surface area contributed by atoms with Crippen LogP contribution in [0.5, 0.6) is 5.75 Å². The number of nitrogens with one attached hydrogen (secondary N) is 1. The highest BCUT2D eigenvalue weighted by Gasteiger charge is 2.16. The van der Waals surface area contributed by atoms with E-state index in [-0.39, 0.29) is 16.6 Å². The average Bonchev–Trinajstić information content (AvgIpc) is 2.54. The lowest BCUT2D eigenvalue weighted by atomic mass is 10.1. The van der Waals surface area contributed by atoms with E-state index in [0.717, 1.165) is 10.8 Å². The molecule has 3 aromatic carbocycles. The van der Waals surface area contributed by atoms with Crippen LogP contribution in [0.15, 0.2) is 71.6 Å². The standard InChI is InChI=1S/C18H15NO4S/c1-13(20)19-16-7-10-18(11-8-16)24(21,22)23-17-9-6-14-4-2-3-5-15(14)12-17/h2-12H,1H3,(H,19,20). The van der Waals surface area contributed by atoms with Crippen molar-refractivity contribution in [1.29, 1.82) is 0 Å². The SMILES string of the molecule is CC(=O)Nc1ccc(S(=O)(=O)Oc2ccc3ccccc3c2)cc1. The molecule has 6 heteroatoms. The van der Waals surface area contributed by atoms with Crippen molar-refractivity contribution in [2.45, 2.75) is 11.8 Å². The van der Waals surface area contributed by atoms with Crippen LogP contribution in [0.2, 0.25) is 0 Å². The van der Waals surface area contributed by atoms with Gasteiger partial charge in [-0.1, -0.05) is 30.3 Å². The van der Waals surface area contributed by atoms with E-state index >= 15 is 0 Å². The molecule has 0 aliphatic rings. The fraction of sp³-hybridized carbons (Fsp3) is 0.0556. The zero-order valence-electron chi connectivity index (χ0n) is 12.9. The molecule has 1 N–H and O–H groups in total. The molecule has 0 bridgehead atoms. The zero-order chi connectivity index (χ0) is 17.2. The number of carbonyl (C=O) groups is 1. The average molecular weight is 341 g/mol. The van der Waals surface area contributed by atoms with Crippen molar-refractivity contribution >= 4 is 32.5 Å². The molecule has 3 aromatic rings. The predicted molar refractivity (Wildman–Crippen MR) is 92.5 cm³/mol. The quantitative estimate of drug-likeness (QED) is 0.736. The zero-order valence-corrected chi connectivity index (χ0v) is 13.7. The van der Waals surface area contributed by atoms with Crippen molar-refractivity contribution in [1.82, 2.24) is 0 Å².